The average molecular weight is 517 g/mol. The highest BCUT2D eigenvalue weighted by molar-refractivity contribution is 6.42. The molecule has 2 amide bonds. The molecule has 2 aliphatic heterocycles. The number of nitrogens with zero attached hydrogens (tertiary/aromatic N) is 4. The van der Waals surface area contributed by atoms with Gasteiger partial charge in [0.1, 0.15) is 5.69 Å². The molecule has 0 saturated carbocycles. The molecular formula is C21H17Cl2F3N4O4. The molecule has 34 heavy (non-hydrogen) atoms. The van der Waals surface area contributed by atoms with Crippen LogP contribution in [0.5, 0.6) is 0 Å². The van der Waals surface area contributed by atoms with E-state index in [4.69, 9.17) is 23.2 Å². The van der Waals surface area contributed by atoms with Crippen LogP contribution >= 0.6 is 23.2 Å². The fraction of sp³-hybridized carbons (Fsp3) is 0.333. The molecule has 0 unspecified atom stereocenters. The average Bonchev–Trinajstić information content (AvgIpc) is 3.08. The minimum atomic E-state index is -4.70. The van der Waals surface area contributed by atoms with Gasteiger partial charge in [0.15, 0.2) is 0 Å². The van der Waals surface area contributed by atoms with Crippen LogP contribution in [-0.2, 0) is 15.8 Å². The first-order valence-electron chi connectivity index (χ1n) is 10.1. The van der Waals surface area contributed by atoms with E-state index in [9.17, 15) is 32.9 Å². The number of halogens is 5. The number of hydrogen-bond acceptors (Lipinski definition) is 6. The first-order valence-corrected chi connectivity index (χ1v) is 10.9. The first-order chi connectivity index (χ1) is 16.0. The molecule has 2 fully saturated rings. The highest BCUT2D eigenvalue weighted by Gasteiger charge is 2.44. The minimum Gasteiger partial charge on any atom is -0.363 e. The second-order valence-corrected chi connectivity index (χ2v) is 8.68. The molecule has 0 aliphatic carbocycles. The van der Waals surface area contributed by atoms with Crippen LogP contribution in [-0.4, -0.2) is 53.9 Å². The van der Waals surface area contributed by atoms with Crippen LogP contribution in [0.25, 0.3) is 0 Å². The van der Waals surface area contributed by atoms with Crippen LogP contribution in [0.3, 0.4) is 0 Å². The Kier molecular flexibility index (Phi) is 6.45. The van der Waals surface area contributed by atoms with Crippen molar-refractivity contribution in [3.8, 4) is 0 Å². The first kappa shape index (κ1) is 24.2. The van der Waals surface area contributed by atoms with Gasteiger partial charge in [-0.25, -0.2) is 4.90 Å². The van der Waals surface area contributed by atoms with Gasteiger partial charge in [-0.3, -0.25) is 24.6 Å². The summed E-state index contributed by atoms with van der Waals surface area (Å²) >= 11 is 11.9. The van der Waals surface area contributed by atoms with Crippen molar-refractivity contribution in [2.75, 3.05) is 36.0 Å². The number of benzene rings is 2. The molecule has 180 valence electrons. The third-order valence-electron chi connectivity index (χ3n) is 5.88. The van der Waals surface area contributed by atoms with E-state index in [1.807, 2.05) is 0 Å². The number of amides is 2. The number of anilines is 2. The number of imide groups is 1. The standard InChI is InChI=1S/C21H17Cl2F3N4O4/c22-14-3-2-13(10-15(14)23)29-19(31)11-18(20(29)32)28-7-5-27(6-8-28)16-4-1-12(21(24,25)26)9-17(16)30(33)34/h1-4,9-10,18H,5-8,11H2/t18-/m0/s1. The summed E-state index contributed by atoms with van der Waals surface area (Å²) in [6.07, 6.45) is -4.74. The van der Waals surface area contributed by atoms with E-state index >= 15 is 0 Å². The fourth-order valence-electron chi connectivity index (χ4n) is 4.18. The molecular weight excluding hydrogens is 500 g/mol. The third-order valence-corrected chi connectivity index (χ3v) is 6.62. The van der Waals surface area contributed by atoms with E-state index in [2.05, 4.69) is 0 Å². The number of nitro benzene ring substituents is 1. The number of rotatable bonds is 4. The number of nitro groups is 1. The fourth-order valence-corrected chi connectivity index (χ4v) is 4.48. The Morgan fingerprint density at radius 3 is 2.24 bits per heavy atom. The van der Waals surface area contributed by atoms with Crippen LogP contribution in [0, 0.1) is 10.1 Å². The van der Waals surface area contributed by atoms with Crippen molar-refractivity contribution in [3.05, 3.63) is 62.1 Å². The van der Waals surface area contributed by atoms with Crippen molar-refractivity contribution >= 4 is 52.1 Å². The Hall–Kier alpha value is -2.89. The maximum Gasteiger partial charge on any atom is 0.416 e. The van der Waals surface area contributed by atoms with E-state index < -0.39 is 40.2 Å². The number of piperazine rings is 1. The van der Waals surface area contributed by atoms with Gasteiger partial charge < -0.3 is 4.90 Å². The zero-order valence-corrected chi connectivity index (χ0v) is 18.9. The van der Waals surface area contributed by atoms with Crippen LogP contribution in [0.2, 0.25) is 10.0 Å². The SMILES string of the molecule is O=C1C[C@H](N2CCN(c3ccc(C(F)(F)F)cc3[N+](=O)[O-])CC2)C(=O)N1c1ccc(Cl)c(Cl)c1. The molecule has 0 bridgehead atoms. The maximum atomic E-state index is 13.0. The zero-order valence-electron chi connectivity index (χ0n) is 17.4. The summed E-state index contributed by atoms with van der Waals surface area (Å²) in [6.45, 7) is 1.04. The van der Waals surface area contributed by atoms with Gasteiger partial charge in [-0.15, -0.1) is 0 Å². The van der Waals surface area contributed by atoms with E-state index in [-0.39, 0.29) is 48.3 Å². The number of carbonyl (C=O) groups is 2. The summed E-state index contributed by atoms with van der Waals surface area (Å²) in [7, 11) is 0. The summed E-state index contributed by atoms with van der Waals surface area (Å²) in [6, 6.07) is 6.15. The van der Waals surface area contributed by atoms with Gasteiger partial charge in [0, 0.05) is 32.2 Å². The highest BCUT2D eigenvalue weighted by Crippen LogP contribution is 2.37. The lowest BCUT2D eigenvalue weighted by molar-refractivity contribution is -0.384. The normalized spacial score (nSPS) is 19.7. The Morgan fingerprint density at radius 2 is 1.65 bits per heavy atom. The predicted octanol–water partition coefficient (Wildman–Crippen LogP) is 4.37. The largest absolute Gasteiger partial charge is 0.416 e. The topological polar surface area (TPSA) is 87.0 Å². The summed E-state index contributed by atoms with van der Waals surface area (Å²) in [5, 5.41) is 11.9. The molecule has 2 aliphatic rings. The summed E-state index contributed by atoms with van der Waals surface area (Å²) in [5.74, 6) is -0.813. The quantitative estimate of drug-likeness (QED) is 0.340. The van der Waals surface area contributed by atoms with Crippen molar-refractivity contribution in [2.45, 2.75) is 18.6 Å². The number of carbonyl (C=O) groups excluding carboxylic acids is 2. The summed E-state index contributed by atoms with van der Waals surface area (Å²) < 4.78 is 38.9. The lowest BCUT2D eigenvalue weighted by Crippen LogP contribution is -2.52. The van der Waals surface area contributed by atoms with Crippen molar-refractivity contribution < 1.29 is 27.7 Å². The Balaban J connectivity index is 1.48. The molecule has 0 spiro atoms. The highest BCUT2D eigenvalue weighted by atomic mass is 35.5. The molecule has 0 aromatic heterocycles. The van der Waals surface area contributed by atoms with Gasteiger partial charge in [0.2, 0.25) is 5.91 Å². The molecule has 2 heterocycles. The Morgan fingerprint density at radius 1 is 0.971 bits per heavy atom. The lowest BCUT2D eigenvalue weighted by Gasteiger charge is -2.37. The third kappa shape index (κ3) is 4.55. The van der Waals surface area contributed by atoms with Crippen molar-refractivity contribution in [1.29, 1.82) is 0 Å². The van der Waals surface area contributed by atoms with Crippen molar-refractivity contribution in [2.24, 2.45) is 0 Å². The molecule has 2 aromatic rings. The molecule has 0 radical (unpaired) electrons. The number of alkyl halides is 3. The Bertz CT molecular complexity index is 1170. The van der Waals surface area contributed by atoms with Crippen LogP contribution in [0.1, 0.15) is 12.0 Å². The van der Waals surface area contributed by atoms with Crippen LogP contribution in [0.15, 0.2) is 36.4 Å². The Labute approximate surface area is 201 Å². The van der Waals surface area contributed by atoms with Gasteiger partial charge in [-0.05, 0) is 30.3 Å². The van der Waals surface area contributed by atoms with Gasteiger partial charge in [0.25, 0.3) is 11.6 Å². The van der Waals surface area contributed by atoms with Gasteiger partial charge in [0.05, 0.1) is 38.7 Å². The van der Waals surface area contributed by atoms with Gasteiger partial charge >= 0.3 is 6.18 Å². The molecule has 8 nitrogen and oxygen atoms in total. The van der Waals surface area contributed by atoms with Crippen LogP contribution < -0.4 is 9.80 Å². The van der Waals surface area contributed by atoms with Crippen molar-refractivity contribution in [1.82, 2.24) is 4.90 Å². The molecule has 0 N–H and O–H groups in total. The number of hydrogen-bond donors (Lipinski definition) is 0. The monoisotopic (exact) mass is 516 g/mol. The minimum absolute atomic E-state index is 0.0422. The van der Waals surface area contributed by atoms with Gasteiger partial charge in [-0.1, -0.05) is 23.2 Å². The van der Waals surface area contributed by atoms with Crippen LogP contribution in [0.4, 0.5) is 30.2 Å². The van der Waals surface area contributed by atoms with E-state index in [1.165, 1.54) is 18.2 Å². The van der Waals surface area contributed by atoms with E-state index in [0.29, 0.717) is 11.8 Å². The second-order valence-electron chi connectivity index (χ2n) is 7.87. The smallest absolute Gasteiger partial charge is 0.363 e. The molecule has 13 heteroatoms. The summed E-state index contributed by atoms with van der Waals surface area (Å²) in [4.78, 5) is 40.6. The predicted molar refractivity (Wildman–Crippen MR) is 119 cm³/mol. The summed E-state index contributed by atoms with van der Waals surface area (Å²) in [5.41, 5.74) is -1.35. The second kappa shape index (κ2) is 9.05. The molecule has 1 atom stereocenters. The van der Waals surface area contributed by atoms with Gasteiger partial charge in [-0.2, -0.15) is 13.2 Å². The lowest BCUT2D eigenvalue weighted by atomic mass is 10.1. The zero-order chi connectivity index (χ0) is 24.8. The maximum absolute atomic E-state index is 13.0. The van der Waals surface area contributed by atoms with E-state index in [1.54, 1.807) is 9.80 Å². The van der Waals surface area contributed by atoms with Crippen molar-refractivity contribution in [3.63, 3.8) is 0 Å². The molecule has 2 saturated heterocycles. The molecule has 4 rings (SSSR count). The molecule has 2 aromatic carbocycles. The van der Waals surface area contributed by atoms with E-state index in [0.717, 1.165) is 17.0 Å².